The zero-order valence-electron chi connectivity index (χ0n) is 10.3. The van der Waals surface area contributed by atoms with Crippen LogP contribution in [0.15, 0.2) is 28.5 Å². The summed E-state index contributed by atoms with van der Waals surface area (Å²) in [6.45, 7) is 0.704. The van der Waals surface area contributed by atoms with Gasteiger partial charge in [-0.1, -0.05) is 0 Å². The summed E-state index contributed by atoms with van der Waals surface area (Å²) in [5.74, 6) is -4.05. The van der Waals surface area contributed by atoms with Crippen molar-refractivity contribution < 1.29 is 18.3 Å². The summed E-state index contributed by atoms with van der Waals surface area (Å²) < 4.78 is 39.6. The van der Waals surface area contributed by atoms with Crippen molar-refractivity contribution in [2.24, 2.45) is 4.99 Å². The van der Waals surface area contributed by atoms with Gasteiger partial charge in [-0.3, -0.25) is 15.4 Å². The standard InChI is InChI=1S/C12H11F3N4O/c13-8-3-7(4-9(14)12(8)15)19-17-10(6-20)11-5-16-1-2-18(11)19/h3-5,17,20H,1-2,6H2. The lowest BCUT2D eigenvalue weighted by Gasteiger charge is -2.33. The van der Waals surface area contributed by atoms with Gasteiger partial charge in [0.25, 0.3) is 0 Å². The van der Waals surface area contributed by atoms with Gasteiger partial charge in [-0.05, 0) is 0 Å². The third-order valence-corrected chi connectivity index (χ3v) is 3.10. The molecule has 2 N–H and O–H groups in total. The second-order valence-corrected chi connectivity index (χ2v) is 4.33. The molecule has 0 amide bonds. The Kier molecular flexibility index (Phi) is 3.01. The maximum absolute atomic E-state index is 13.3. The Balaban J connectivity index is 1.99. The lowest BCUT2D eigenvalue weighted by atomic mass is 10.3. The maximum Gasteiger partial charge on any atom is 0.194 e. The molecule has 1 aromatic rings. The molecule has 20 heavy (non-hydrogen) atoms. The van der Waals surface area contributed by atoms with Crippen molar-refractivity contribution in [3.63, 3.8) is 0 Å². The lowest BCUT2D eigenvalue weighted by molar-refractivity contribution is 0.317. The number of halogens is 3. The highest BCUT2D eigenvalue weighted by Crippen LogP contribution is 2.28. The van der Waals surface area contributed by atoms with E-state index in [9.17, 15) is 18.3 Å². The fourth-order valence-corrected chi connectivity index (χ4v) is 2.16. The van der Waals surface area contributed by atoms with E-state index in [4.69, 9.17) is 0 Å². The fourth-order valence-electron chi connectivity index (χ4n) is 2.16. The molecule has 2 aliphatic heterocycles. The smallest absolute Gasteiger partial charge is 0.194 e. The normalized spacial score (nSPS) is 17.6. The number of rotatable bonds is 2. The van der Waals surface area contributed by atoms with Crippen molar-refractivity contribution in [1.82, 2.24) is 10.4 Å². The van der Waals surface area contributed by atoms with Crippen molar-refractivity contribution in [3.8, 4) is 0 Å². The maximum atomic E-state index is 13.3. The Morgan fingerprint density at radius 1 is 1.25 bits per heavy atom. The molecule has 0 bridgehead atoms. The van der Waals surface area contributed by atoms with E-state index in [1.807, 2.05) is 0 Å². The summed E-state index contributed by atoms with van der Waals surface area (Å²) in [6.07, 6.45) is 1.57. The van der Waals surface area contributed by atoms with Gasteiger partial charge in [-0.15, -0.1) is 0 Å². The minimum absolute atomic E-state index is 0.0950. The van der Waals surface area contributed by atoms with Gasteiger partial charge in [0.05, 0.1) is 31.1 Å². The van der Waals surface area contributed by atoms with E-state index in [1.165, 1.54) is 5.12 Å². The van der Waals surface area contributed by atoms with Gasteiger partial charge in [0.2, 0.25) is 0 Å². The van der Waals surface area contributed by atoms with Crippen LogP contribution in [0.1, 0.15) is 0 Å². The minimum Gasteiger partial charge on any atom is -0.390 e. The Morgan fingerprint density at radius 3 is 2.60 bits per heavy atom. The number of allylic oxidation sites excluding steroid dienone is 1. The molecule has 106 valence electrons. The van der Waals surface area contributed by atoms with Gasteiger partial charge < -0.3 is 5.11 Å². The number of fused-ring (bicyclic) bond motifs is 1. The first kappa shape index (κ1) is 12.8. The van der Waals surface area contributed by atoms with Gasteiger partial charge in [0, 0.05) is 18.3 Å². The van der Waals surface area contributed by atoms with E-state index in [-0.39, 0.29) is 12.3 Å². The highest BCUT2D eigenvalue weighted by molar-refractivity contribution is 5.81. The molecular weight excluding hydrogens is 273 g/mol. The number of aliphatic hydroxyl groups excluding tert-OH is 1. The minimum atomic E-state index is -1.51. The van der Waals surface area contributed by atoms with Crippen LogP contribution in [0.5, 0.6) is 0 Å². The summed E-state index contributed by atoms with van der Waals surface area (Å²) in [4.78, 5) is 4.08. The largest absolute Gasteiger partial charge is 0.390 e. The third-order valence-electron chi connectivity index (χ3n) is 3.10. The average Bonchev–Trinajstić information content (AvgIpc) is 2.83. The molecule has 0 aliphatic carbocycles. The molecule has 2 aliphatic rings. The molecule has 0 spiro atoms. The predicted octanol–water partition coefficient (Wildman–Crippen LogP) is 0.934. The predicted molar refractivity (Wildman–Crippen MR) is 66.1 cm³/mol. The Labute approximate surface area is 112 Å². The summed E-state index contributed by atoms with van der Waals surface area (Å²) in [5, 5.41) is 12.3. The quantitative estimate of drug-likeness (QED) is 0.793. The molecule has 0 atom stereocenters. The SMILES string of the molecule is OCC1=C2C=NCCN2N(c2cc(F)c(F)c(F)c2)N1. The molecule has 8 heteroatoms. The van der Waals surface area contributed by atoms with Crippen LogP contribution in [0.4, 0.5) is 18.9 Å². The highest BCUT2D eigenvalue weighted by atomic mass is 19.2. The topological polar surface area (TPSA) is 51.1 Å². The second-order valence-electron chi connectivity index (χ2n) is 4.33. The molecule has 0 fully saturated rings. The number of hydrogen-bond donors (Lipinski definition) is 2. The Hall–Kier alpha value is -2.22. The van der Waals surface area contributed by atoms with E-state index in [1.54, 1.807) is 11.2 Å². The molecule has 0 saturated heterocycles. The summed E-state index contributed by atoms with van der Waals surface area (Å²) in [6, 6.07) is 1.77. The number of hydrazine groups is 2. The number of aliphatic imine (C=N–C) groups is 1. The number of nitrogens with zero attached hydrogens (tertiary/aromatic N) is 3. The van der Waals surface area contributed by atoms with Crippen LogP contribution in [0, 0.1) is 17.5 Å². The lowest BCUT2D eigenvalue weighted by Crippen LogP contribution is -2.46. The monoisotopic (exact) mass is 284 g/mol. The number of benzene rings is 1. The van der Waals surface area contributed by atoms with E-state index >= 15 is 0 Å². The molecule has 0 unspecified atom stereocenters. The van der Waals surface area contributed by atoms with E-state index in [0.29, 0.717) is 24.5 Å². The number of anilines is 1. The molecule has 1 aromatic carbocycles. The molecule has 3 rings (SSSR count). The van der Waals surface area contributed by atoms with E-state index in [2.05, 4.69) is 10.4 Å². The van der Waals surface area contributed by atoms with Crippen molar-refractivity contribution >= 4 is 11.9 Å². The summed E-state index contributed by atoms with van der Waals surface area (Å²) in [5.41, 5.74) is 3.98. The van der Waals surface area contributed by atoms with Crippen LogP contribution < -0.4 is 10.5 Å². The second kappa shape index (κ2) is 4.71. The van der Waals surface area contributed by atoms with Crippen molar-refractivity contribution in [2.75, 3.05) is 24.8 Å². The highest BCUT2D eigenvalue weighted by Gasteiger charge is 2.31. The van der Waals surface area contributed by atoms with E-state index in [0.717, 1.165) is 12.1 Å². The van der Waals surface area contributed by atoms with Gasteiger partial charge in [-0.2, -0.15) is 5.12 Å². The first-order valence-electron chi connectivity index (χ1n) is 5.94. The molecule has 0 aromatic heterocycles. The van der Waals surface area contributed by atoms with Gasteiger partial charge in [0.1, 0.15) is 5.70 Å². The fraction of sp³-hybridized carbons (Fsp3) is 0.250. The van der Waals surface area contributed by atoms with Crippen LogP contribution in [-0.2, 0) is 0 Å². The Morgan fingerprint density at radius 2 is 1.95 bits per heavy atom. The molecule has 5 nitrogen and oxygen atoms in total. The van der Waals surface area contributed by atoms with Crippen LogP contribution in [-0.4, -0.2) is 36.0 Å². The molecule has 2 heterocycles. The number of nitrogens with one attached hydrogen (secondary N) is 1. The van der Waals surface area contributed by atoms with E-state index < -0.39 is 17.5 Å². The van der Waals surface area contributed by atoms with Crippen LogP contribution in [0.25, 0.3) is 0 Å². The summed E-state index contributed by atoms with van der Waals surface area (Å²) in [7, 11) is 0. The molecule has 0 radical (unpaired) electrons. The van der Waals surface area contributed by atoms with Gasteiger partial charge in [0.15, 0.2) is 17.5 Å². The first-order chi connectivity index (χ1) is 9.61. The van der Waals surface area contributed by atoms with Crippen molar-refractivity contribution in [2.45, 2.75) is 0 Å². The summed E-state index contributed by atoms with van der Waals surface area (Å²) >= 11 is 0. The third kappa shape index (κ3) is 1.88. The van der Waals surface area contributed by atoms with Crippen LogP contribution >= 0.6 is 0 Å². The zero-order valence-corrected chi connectivity index (χ0v) is 10.3. The molecular formula is C12H11F3N4O. The number of hydrogen-bond acceptors (Lipinski definition) is 5. The first-order valence-corrected chi connectivity index (χ1v) is 5.94. The zero-order chi connectivity index (χ0) is 14.3. The van der Waals surface area contributed by atoms with Gasteiger partial charge in [-0.25, -0.2) is 13.2 Å². The van der Waals surface area contributed by atoms with Crippen molar-refractivity contribution in [3.05, 3.63) is 41.0 Å². The average molecular weight is 284 g/mol. The van der Waals surface area contributed by atoms with Gasteiger partial charge >= 0.3 is 0 Å². The van der Waals surface area contributed by atoms with Crippen LogP contribution in [0.3, 0.4) is 0 Å². The number of aliphatic hydroxyl groups is 1. The Bertz CT molecular complexity index is 594. The van der Waals surface area contributed by atoms with Crippen LogP contribution in [0.2, 0.25) is 0 Å². The molecule has 0 saturated carbocycles. The van der Waals surface area contributed by atoms with Crippen molar-refractivity contribution in [1.29, 1.82) is 0 Å².